The smallest absolute Gasteiger partial charge is 0.358 e. The van der Waals surface area contributed by atoms with Gasteiger partial charge in [0, 0.05) is 7.05 Å². The van der Waals surface area contributed by atoms with Crippen LogP contribution in [0.1, 0.15) is 13.8 Å². The summed E-state index contributed by atoms with van der Waals surface area (Å²) < 4.78 is 10.0. The summed E-state index contributed by atoms with van der Waals surface area (Å²) >= 11 is 0. The predicted octanol–water partition coefficient (Wildman–Crippen LogP) is 0.0614. The molecule has 14 heavy (non-hydrogen) atoms. The summed E-state index contributed by atoms with van der Waals surface area (Å²) in [6.45, 7) is 3.86. The highest BCUT2D eigenvalue weighted by Crippen LogP contribution is 2.22. The van der Waals surface area contributed by atoms with Gasteiger partial charge >= 0.3 is 5.97 Å². The van der Waals surface area contributed by atoms with Gasteiger partial charge in [-0.1, -0.05) is 0 Å². The third-order valence-corrected chi connectivity index (χ3v) is 1.88. The van der Waals surface area contributed by atoms with Crippen LogP contribution in [0.25, 0.3) is 0 Å². The summed E-state index contributed by atoms with van der Waals surface area (Å²) in [5.41, 5.74) is 0.307. The lowest BCUT2D eigenvalue weighted by molar-refractivity contribution is -0.140. The number of rotatable bonds is 3. The molecule has 0 saturated carbocycles. The Morgan fingerprint density at radius 3 is 2.93 bits per heavy atom. The Balaban J connectivity index is 2.88. The molecule has 1 aliphatic rings. The molecule has 1 rings (SSSR count). The molecule has 0 aromatic heterocycles. The van der Waals surface area contributed by atoms with Crippen molar-refractivity contribution >= 4 is 5.97 Å². The van der Waals surface area contributed by atoms with Gasteiger partial charge in [-0.3, -0.25) is 0 Å². The van der Waals surface area contributed by atoms with E-state index < -0.39 is 12.1 Å². The third kappa shape index (κ3) is 1.98. The summed E-state index contributed by atoms with van der Waals surface area (Å²) in [5.74, 6) is -0.172. The summed E-state index contributed by atoms with van der Waals surface area (Å²) in [4.78, 5) is 13.1. The molecule has 0 fully saturated rings. The third-order valence-electron chi connectivity index (χ3n) is 1.88. The molecule has 0 aliphatic carbocycles. The topological polar surface area (TPSA) is 59.0 Å². The van der Waals surface area contributed by atoms with Gasteiger partial charge in [0.05, 0.1) is 6.61 Å². The predicted molar refractivity (Wildman–Crippen MR) is 49.1 cm³/mol. The minimum atomic E-state index is -0.792. The maximum atomic E-state index is 11.5. The molecule has 0 saturated heterocycles. The maximum Gasteiger partial charge on any atom is 0.358 e. The molecule has 1 aliphatic heterocycles. The molecular weight excluding hydrogens is 186 g/mol. The fourth-order valence-corrected chi connectivity index (χ4v) is 1.26. The van der Waals surface area contributed by atoms with Crippen molar-refractivity contribution in [3.8, 4) is 0 Å². The SMILES string of the molecule is CCOC(=O)C1=C(C(C)O)OCN1C. The molecule has 0 amide bonds. The Kier molecular flexibility index (Phi) is 3.35. The summed E-state index contributed by atoms with van der Waals surface area (Å²) in [6.07, 6.45) is -0.792. The van der Waals surface area contributed by atoms with Gasteiger partial charge in [-0.2, -0.15) is 0 Å². The van der Waals surface area contributed by atoms with Gasteiger partial charge in [-0.15, -0.1) is 0 Å². The van der Waals surface area contributed by atoms with Gasteiger partial charge in [0.25, 0.3) is 0 Å². The van der Waals surface area contributed by atoms with Crippen molar-refractivity contribution in [1.82, 2.24) is 4.90 Å². The minimum Gasteiger partial charge on any atom is -0.472 e. The van der Waals surface area contributed by atoms with Gasteiger partial charge in [-0.05, 0) is 13.8 Å². The first-order valence-electron chi connectivity index (χ1n) is 4.51. The zero-order valence-electron chi connectivity index (χ0n) is 8.61. The zero-order valence-corrected chi connectivity index (χ0v) is 8.61. The highest BCUT2D eigenvalue weighted by molar-refractivity contribution is 5.88. The molecular formula is C9H15NO4. The molecule has 0 aromatic rings. The number of nitrogens with zero attached hydrogens (tertiary/aromatic N) is 1. The van der Waals surface area contributed by atoms with Crippen LogP contribution in [0.2, 0.25) is 0 Å². The normalized spacial score (nSPS) is 18.1. The highest BCUT2D eigenvalue weighted by atomic mass is 16.5. The van der Waals surface area contributed by atoms with Crippen LogP contribution in [0.15, 0.2) is 11.5 Å². The molecule has 1 unspecified atom stereocenters. The summed E-state index contributed by atoms with van der Waals surface area (Å²) in [7, 11) is 1.71. The van der Waals surface area contributed by atoms with E-state index in [1.807, 2.05) is 0 Å². The van der Waals surface area contributed by atoms with Gasteiger partial charge in [0.2, 0.25) is 0 Å². The van der Waals surface area contributed by atoms with Crippen LogP contribution in [0.3, 0.4) is 0 Å². The average Bonchev–Trinajstić information content (AvgIpc) is 2.47. The van der Waals surface area contributed by atoms with Crippen LogP contribution in [0.4, 0.5) is 0 Å². The van der Waals surface area contributed by atoms with Gasteiger partial charge < -0.3 is 19.5 Å². The number of carbonyl (C=O) groups is 1. The van der Waals surface area contributed by atoms with Crippen molar-refractivity contribution in [2.45, 2.75) is 20.0 Å². The number of aliphatic hydroxyl groups is 1. The Labute approximate surface area is 82.9 Å². The first-order chi connectivity index (χ1) is 6.57. The monoisotopic (exact) mass is 201 g/mol. The number of hydrogen-bond donors (Lipinski definition) is 1. The fraction of sp³-hybridized carbons (Fsp3) is 0.667. The number of ether oxygens (including phenoxy) is 2. The lowest BCUT2D eigenvalue weighted by atomic mass is 10.2. The molecule has 1 N–H and O–H groups in total. The van der Waals surface area contributed by atoms with Crippen LogP contribution in [-0.2, 0) is 14.3 Å². The van der Waals surface area contributed by atoms with E-state index in [1.54, 1.807) is 25.8 Å². The van der Waals surface area contributed by atoms with Crippen LogP contribution in [0, 0.1) is 0 Å². The van der Waals surface area contributed by atoms with E-state index >= 15 is 0 Å². The van der Waals surface area contributed by atoms with Crippen molar-refractivity contribution in [2.75, 3.05) is 20.4 Å². The van der Waals surface area contributed by atoms with E-state index in [0.717, 1.165) is 0 Å². The molecule has 0 radical (unpaired) electrons. The summed E-state index contributed by atoms with van der Waals surface area (Å²) in [5, 5.41) is 9.34. The van der Waals surface area contributed by atoms with E-state index in [4.69, 9.17) is 9.47 Å². The number of carbonyl (C=O) groups excluding carboxylic acids is 1. The van der Waals surface area contributed by atoms with Crippen LogP contribution in [0.5, 0.6) is 0 Å². The zero-order chi connectivity index (χ0) is 10.7. The molecule has 1 atom stereocenters. The lowest BCUT2D eigenvalue weighted by Gasteiger charge is -2.11. The van der Waals surface area contributed by atoms with Gasteiger partial charge in [0.15, 0.2) is 18.2 Å². The second kappa shape index (κ2) is 4.32. The molecule has 0 bridgehead atoms. The van der Waals surface area contributed by atoms with E-state index in [9.17, 15) is 9.90 Å². The van der Waals surface area contributed by atoms with E-state index in [2.05, 4.69) is 0 Å². The molecule has 0 spiro atoms. The quantitative estimate of drug-likeness (QED) is 0.654. The second-order valence-electron chi connectivity index (χ2n) is 3.08. The van der Waals surface area contributed by atoms with Crippen molar-refractivity contribution in [3.05, 3.63) is 11.5 Å². The molecule has 1 heterocycles. The first-order valence-corrected chi connectivity index (χ1v) is 4.51. The van der Waals surface area contributed by atoms with Crippen LogP contribution < -0.4 is 0 Å². The molecule has 0 aromatic carbocycles. The Morgan fingerprint density at radius 2 is 2.43 bits per heavy atom. The van der Waals surface area contributed by atoms with Crippen molar-refractivity contribution in [2.24, 2.45) is 0 Å². The van der Waals surface area contributed by atoms with E-state index in [1.165, 1.54) is 0 Å². The number of likely N-dealkylation sites (N-methyl/N-ethyl adjacent to an activating group) is 1. The number of esters is 1. The van der Waals surface area contributed by atoms with Crippen LogP contribution >= 0.6 is 0 Å². The standard InChI is InChI=1S/C9H15NO4/c1-4-13-9(12)7-8(6(2)11)14-5-10(7)3/h6,11H,4-5H2,1-3H3. The Hall–Kier alpha value is -1.23. The number of hydrogen-bond acceptors (Lipinski definition) is 5. The number of aliphatic hydroxyl groups excluding tert-OH is 1. The van der Waals surface area contributed by atoms with E-state index in [-0.39, 0.29) is 12.5 Å². The first kappa shape index (κ1) is 10.8. The molecule has 5 nitrogen and oxygen atoms in total. The molecule has 5 heteroatoms. The summed E-state index contributed by atoms with van der Waals surface area (Å²) in [6, 6.07) is 0. The van der Waals surface area contributed by atoms with Gasteiger partial charge in [-0.25, -0.2) is 4.79 Å². The van der Waals surface area contributed by atoms with E-state index in [0.29, 0.717) is 12.3 Å². The maximum absolute atomic E-state index is 11.5. The highest BCUT2D eigenvalue weighted by Gasteiger charge is 2.30. The lowest BCUT2D eigenvalue weighted by Crippen LogP contribution is -2.23. The average molecular weight is 201 g/mol. The minimum absolute atomic E-state index is 0.272. The fourth-order valence-electron chi connectivity index (χ4n) is 1.26. The largest absolute Gasteiger partial charge is 0.472 e. The van der Waals surface area contributed by atoms with Crippen molar-refractivity contribution in [1.29, 1.82) is 0 Å². The van der Waals surface area contributed by atoms with Gasteiger partial charge in [0.1, 0.15) is 6.10 Å². The van der Waals surface area contributed by atoms with Crippen LogP contribution in [-0.4, -0.2) is 42.5 Å². The van der Waals surface area contributed by atoms with Crippen molar-refractivity contribution in [3.63, 3.8) is 0 Å². The molecule has 80 valence electrons. The van der Waals surface area contributed by atoms with Crippen molar-refractivity contribution < 1.29 is 19.4 Å². The Bertz CT molecular complexity index is 260. The Morgan fingerprint density at radius 1 is 1.79 bits per heavy atom. The second-order valence-corrected chi connectivity index (χ2v) is 3.08.